The molecule has 0 bridgehead atoms. The van der Waals surface area contributed by atoms with E-state index in [0.717, 1.165) is 22.9 Å². The van der Waals surface area contributed by atoms with Crippen LogP contribution in [-0.4, -0.2) is 43.0 Å². The van der Waals surface area contributed by atoms with Gasteiger partial charge in [-0.3, -0.25) is 4.79 Å². The zero-order chi connectivity index (χ0) is 17.4. The Kier molecular flexibility index (Phi) is 6.60. The second kappa shape index (κ2) is 8.90. The molecule has 24 heavy (non-hydrogen) atoms. The molecule has 0 radical (unpaired) electrons. The first-order valence-electron chi connectivity index (χ1n) is 8.18. The molecule has 4 N–H and O–H groups in total. The van der Waals surface area contributed by atoms with Crippen LogP contribution < -0.4 is 16.0 Å². The third-order valence-electron chi connectivity index (χ3n) is 3.52. The lowest BCUT2D eigenvalue weighted by molar-refractivity contribution is -0.119. The Morgan fingerprint density at radius 1 is 1.21 bits per heavy atom. The topological polar surface area (TPSA) is 81.3 Å². The highest BCUT2D eigenvalue weighted by atomic mass is 19.1. The third kappa shape index (κ3) is 4.97. The summed E-state index contributed by atoms with van der Waals surface area (Å²) in [5.74, 6) is 0.254. The lowest BCUT2D eigenvalue weighted by Gasteiger charge is -2.11. The van der Waals surface area contributed by atoms with Crippen molar-refractivity contribution in [3.63, 3.8) is 0 Å². The van der Waals surface area contributed by atoms with E-state index < -0.39 is 0 Å². The van der Waals surface area contributed by atoms with Gasteiger partial charge in [0.1, 0.15) is 12.4 Å². The Hall–Kier alpha value is -2.57. The summed E-state index contributed by atoms with van der Waals surface area (Å²) in [5.41, 5.74) is 1.90. The van der Waals surface area contributed by atoms with Crippen molar-refractivity contribution in [2.45, 2.75) is 20.3 Å². The average molecular weight is 333 g/mol. The molecule has 1 heterocycles. The number of likely N-dealkylation sites (N-methyl/N-ethyl adjacent to an activating group) is 1. The minimum Gasteiger partial charge on any atom is -0.361 e. The number of aliphatic imine (C=N–C) groups is 1. The van der Waals surface area contributed by atoms with Crippen LogP contribution >= 0.6 is 0 Å². The SMILES string of the molecule is CCNC(=O)CN=C(NCC)NCCc1c[nH]c2cc(F)ccc12. The first kappa shape index (κ1) is 17.8. The lowest BCUT2D eigenvalue weighted by atomic mass is 10.1. The summed E-state index contributed by atoms with van der Waals surface area (Å²) < 4.78 is 13.2. The summed E-state index contributed by atoms with van der Waals surface area (Å²) >= 11 is 0. The smallest absolute Gasteiger partial charge is 0.241 e. The molecule has 0 saturated carbocycles. The first-order valence-corrected chi connectivity index (χ1v) is 8.18. The van der Waals surface area contributed by atoms with Gasteiger partial charge in [-0.25, -0.2) is 9.38 Å². The number of benzene rings is 1. The largest absolute Gasteiger partial charge is 0.361 e. The van der Waals surface area contributed by atoms with Crippen molar-refractivity contribution in [1.29, 1.82) is 0 Å². The number of carbonyl (C=O) groups excluding carboxylic acids is 1. The predicted octanol–water partition coefficient (Wildman–Crippen LogP) is 1.54. The zero-order valence-corrected chi connectivity index (χ0v) is 14.1. The van der Waals surface area contributed by atoms with Gasteiger partial charge in [-0.05, 0) is 44.0 Å². The van der Waals surface area contributed by atoms with Crippen molar-refractivity contribution in [3.8, 4) is 0 Å². The molecule has 0 spiro atoms. The standard InChI is InChI=1S/C17H24FN5O/c1-3-19-16(24)11-23-17(20-4-2)21-8-7-12-10-22-15-9-13(18)5-6-14(12)15/h5-6,9-10,22H,3-4,7-8,11H2,1-2H3,(H,19,24)(H2,20,21,23). The van der Waals surface area contributed by atoms with Gasteiger partial charge in [0, 0.05) is 36.7 Å². The quantitative estimate of drug-likeness (QED) is 0.458. The van der Waals surface area contributed by atoms with Gasteiger partial charge in [0.05, 0.1) is 0 Å². The molecule has 2 rings (SSSR count). The fourth-order valence-corrected chi connectivity index (χ4v) is 2.43. The number of hydrogen-bond acceptors (Lipinski definition) is 2. The molecular formula is C17H24FN5O. The number of carbonyl (C=O) groups is 1. The highest BCUT2D eigenvalue weighted by Gasteiger charge is 2.05. The van der Waals surface area contributed by atoms with E-state index in [9.17, 15) is 9.18 Å². The summed E-state index contributed by atoms with van der Waals surface area (Å²) in [4.78, 5) is 18.8. The van der Waals surface area contributed by atoms with Gasteiger partial charge in [0.25, 0.3) is 0 Å². The van der Waals surface area contributed by atoms with Crippen LogP contribution in [0.25, 0.3) is 10.9 Å². The van der Waals surface area contributed by atoms with Crippen LogP contribution in [0.2, 0.25) is 0 Å². The molecule has 0 aliphatic carbocycles. The molecule has 1 amide bonds. The molecule has 0 atom stereocenters. The number of guanidine groups is 1. The van der Waals surface area contributed by atoms with Crippen molar-refractivity contribution in [2.75, 3.05) is 26.2 Å². The number of nitrogens with zero attached hydrogens (tertiary/aromatic N) is 1. The van der Waals surface area contributed by atoms with Crippen LogP contribution in [0, 0.1) is 5.82 Å². The van der Waals surface area contributed by atoms with Crippen LogP contribution in [0.1, 0.15) is 19.4 Å². The van der Waals surface area contributed by atoms with E-state index in [2.05, 4.69) is 25.9 Å². The van der Waals surface area contributed by atoms with Crippen LogP contribution in [0.3, 0.4) is 0 Å². The van der Waals surface area contributed by atoms with E-state index in [1.807, 2.05) is 20.0 Å². The minimum absolute atomic E-state index is 0.0928. The van der Waals surface area contributed by atoms with Crippen LogP contribution in [-0.2, 0) is 11.2 Å². The summed E-state index contributed by atoms with van der Waals surface area (Å²) in [6, 6.07) is 4.74. The summed E-state index contributed by atoms with van der Waals surface area (Å²) in [6.07, 6.45) is 2.65. The molecule has 6 nitrogen and oxygen atoms in total. The number of rotatable bonds is 7. The molecule has 0 unspecified atom stereocenters. The molecule has 0 aliphatic heterocycles. The number of hydrogen-bond donors (Lipinski definition) is 4. The van der Waals surface area contributed by atoms with Crippen molar-refractivity contribution in [2.24, 2.45) is 4.99 Å². The van der Waals surface area contributed by atoms with E-state index in [0.29, 0.717) is 25.6 Å². The molecule has 0 saturated heterocycles. The van der Waals surface area contributed by atoms with E-state index in [1.165, 1.54) is 12.1 Å². The highest BCUT2D eigenvalue weighted by molar-refractivity contribution is 5.85. The van der Waals surface area contributed by atoms with Crippen molar-refractivity contribution >= 4 is 22.8 Å². The van der Waals surface area contributed by atoms with Gasteiger partial charge in [-0.2, -0.15) is 0 Å². The van der Waals surface area contributed by atoms with Gasteiger partial charge in [0.2, 0.25) is 5.91 Å². The number of H-pyrrole nitrogens is 1. The minimum atomic E-state index is -0.249. The summed E-state index contributed by atoms with van der Waals surface area (Å²) in [7, 11) is 0. The fraction of sp³-hybridized carbons (Fsp3) is 0.412. The molecule has 130 valence electrons. The Balaban J connectivity index is 1.91. The molecule has 1 aromatic carbocycles. The maximum Gasteiger partial charge on any atom is 0.241 e. The number of nitrogens with one attached hydrogen (secondary N) is 4. The van der Waals surface area contributed by atoms with Crippen LogP contribution in [0.5, 0.6) is 0 Å². The van der Waals surface area contributed by atoms with Crippen LogP contribution in [0.4, 0.5) is 4.39 Å². The van der Waals surface area contributed by atoms with Gasteiger partial charge in [0.15, 0.2) is 5.96 Å². The van der Waals surface area contributed by atoms with Crippen molar-refractivity contribution in [1.82, 2.24) is 20.9 Å². The second-order valence-corrected chi connectivity index (χ2v) is 5.33. The number of aromatic nitrogens is 1. The van der Waals surface area contributed by atoms with E-state index >= 15 is 0 Å². The zero-order valence-electron chi connectivity index (χ0n) is 14.1. The predicted molar refractivity (Wildman–Crippen MR) is 94.6 cm³/mol. The fourth-order valence-electron chi connectivity index (χ4n) is 2.43. The van der Waals surface area contributed by atoms with Crippen molar-refractivity contribution in [3.05, 3.63) is 35.8 Å². The van der Waals surface area contributed by atoms with E-state index in [1.54, 1.807) is 6.07 Å². The molecule has 0 fully saturated rings. The maximum absolute atomic E-state index is 13.2. The Bertz CT molecular complexity index is 710. The number of amides is 1. The molecule has 2 aromatic rings. The second-order valence-electron chi connectivity index (χ2n) is 5.33. The normalized spacial score (nSPS) is 11.5. The van der Waals surface area contributed by atoms with E-state index in [-0.39, 0.29) is 18.3 Å². The number of halogens is 1. The monoisotopic (exact) mass is 333 g/mol. The molecular weight excluding hydrogens is 309 g/mol. The van der Waals surface area contributed by atoms with E-state index in [4.69, 9.17) is 0 Å². The number of fused-ring (bicyclic) bond motifs is 1. The third-order valence-corrected chi connectivity index (χ3v) is 3.52. The molecule has 7 heteroatoms. The van der Waals surface area contributed by atoms with Gasteiger partial charge in [-0.1, -0.05) is 0 Å². The Morgan fingerprint density at radius 2 is 2.00 bits per heavy atom. The van der Waals surface area contributed by atoms with Crippen LogP contribution in [0.15, 0.2) is 29.4 Å². The van der Waals surface area contributed by atoms with Gasteiger partial charge >= 0.3 is 0 Å². The summed E-state index contributed by atoms with van der Waals surface area (Å²) in [5, 5.41) is 10.0. The lowest BCUT2D eigenvalue weighted by Crippen LogP contribution is -2.39. The Labute approximate surface area is 140 Å². The highest BCUT2D eigenvalue weighted by Crippen LogP contribution is 2.19. The van der Waals surface area contributed by atoms with Crippen molar-refractivity contribution < 1.29 is 9.18 Å². The maximum atomic E-state index is 13.2. The molecule has 0 aliphatic rings. The molecule has 1 aromatic heterocycles. The Morgan fingerprint density at radius 3 is 2.75 bits per heavy atom. The average Bonchev–Trinajstić information content (AvgIpc) is 2.95. The van der Waals surface area contributed by atoms with Gasteiger partial charge < -0.3 is 20.9 Å². The van der Waals surface area contributed by atoms with Gasteiger partial charge in [-0.15, -0.1) is 0 Å². The number of aromatic amines is 1. The first-order chi connectivity index (χ1) is 11.6. The summed E-state index contributed by atoms with van der Waals surface area (Å²) in [6.45, 7) is 5.91.